The average Bonchev–Trinajstić information content (AvgIpc) is 3.29. The zero-order valence-electron chi connectivity index (χ0n) is 15.5. The van der Waals surface area contributed by atoms with Crippen LogP contribution in [0.5, 0.6) is 5.75 Å². The van der Waals surface area contributed by atoms with Crippen LogP contribution in [0.2, 0.25) is 0 Å². The molecule has 1 amide bonds. The van der Waals surface area contributed by atoms with E-state index in [0.717, 1.165) is 17.3 Å². The van der Waals surface area contributed by atoms with Crippen molar-refractivity contribution in [3.8, 4) is 5.75 Å². The minimum absolute atomic E-state index is 0.0748. The predicted molar refractivity (Wildman–Crippen MR) is 105 cm³/mol. The van der Waals surface area contributed by atoms with Gasteiger partial charge in [-0.3, -0.25) is 4.79 Å². The first-order chi connectivity index (χ1) is 13.7. The van der Waals surface area contributed by atoms with Crippen molar-refractivity contribution in [1.29, 1.82) is 0 Å². The van der Waals surface area contributed by atoms with Crippen molar-refractivity contribution in [2.75, 3.05) is 43.5 Å². The Hall–Kier alpha value is -3.55. The van der Waals surface area contributed by atoms with Gasteiger partial charge >= 0.3 is 0 Å². The summed E-state index contributed by atoms with van der Waals surface area (Å²) >= 11 is 0. The van der Waals surface area contributed by atoms with Gasteiger partial charge in [-0.25, -0.2) is 4.98 Å². The number of aromatic nitrogens is 2. The maximum absolute atomic E-state index is 12.4. The lowest BCUT2D eigenvalue weighted by molar-refractivity contribution is 0.0714. The van der Waals surface area contributed by atoms with Gasteiger partial charge in [-0.1, -0.05) is 0 Å². The summed E-state index contributed by atoms with van der Waals surface area (Å²) in [5.74, 6) is 2.45. The fourth-order valence-corrected chi connectivity index (χ4v) is 3.08. The molecule has 28 heavy (non-hydrogen) atoms. The van der Waals surface area contributed by atoms with E-state index >= 15 is 0 Å². The Morgan fingerprint density at radius 2 is 1.89 bits per heavy atom. The molecule has 0 radical (unpaired) electrons. The second-order valence-corrected chi connectivity index (χ2v) is 6.35. The number of carbonyl (C=O) groups excluding carboxylic acids is 1. The van der Waals surface area contributed by atoms with E-state index in [2.05, 4.69) is 20.2 Å². The van der Waals surface area contributed by atoms with Crippen molar-refractivity contribution in [2.45, 2.75) is 0 Å². The Kier molecular flexibility index (Phi) is 5.09. The summed E-state index contributed by atoms with van der Waals surface area (Å²) in [6, 6.07) is 12.9. The number of rotatable bonds is 5. The number of anilines is 3. The summed E-state index contributed by atoms with van der Waals surface area (Å²) < 4.78 is 10.4. The van der Waals surface area contributed by atoms with Gasteiger partial charge in [0.1, 0.15) is 11.6 Å². The lowest BCUT2D eigenvalue weighted by Gasteiger charge is -2.35. The lowest BCUT2D eigenvalue weighted by Crippen LogP contribution is -2.49. The highest BCUT2D eigenvalue weighted by Gasteiger charge is 2.24. The fourth-order valence-electron chi connectivity index (χ4n) is 3.08. The van der Waals surface area contributed by atoms with E-state index < -0.39 is 0 Å². The highest BCUT2D eigenvalue weighted by molar-refractivity contribution is 5.91. The van der Waals surface area contributed by atoms with Crippen LogP contribution in [0.25, 0.3) is 0 Å². The number of hydrogen-bond acceptors (Lipinski definition) is 7. The van der Waals surface area contributed by atoms with Gasteiger partial charge in [0.2, 0.25) is 5.95 Å². The first kappa shape index (κ1) is 17.8. The van der Waals surface area contributed by atoms with Gasteiger partial charge in [-0.2, -0.15) is 4.98 Å². The van der Waals surface area contributed by atoms with Crippen LogP contribution in [0.15, 0.2) is 59.3 Å². The van der Waals surface area contributed by atoms with E-state index in [-0.39, 0.29) is 5.91 Å². The molecule has 1 saturated heterocycles. The number of amides is 1. The Morgan fingerprint density at radius 3 is 2.57 bits per heavy atom. The Morgan fingerprint density at radius 1 is 1.11 bits per heavy atom. The number of furan rings is 1. The van der Waals surface area contributed by atoms with Gasteiger partial charge < -0.3 is 24.3 Å². The van der Waals surface area contributed by atoms with Crippen molar-refractivity contribution in [1.82, 2.24) is 14.9 Å². The summed E-state index contributed by atoms with van der Waals surface area (Å²) in [4.78, 5) is 25.2. The highest BCUT2D eigenvalue weighted by atomic mass is 16.5. The van der Waals surface area contributed by atoms with Crippen LogP contribution < -0.4 is 15.0 Å². The molecule has 0 atom stereocenters. The minimum Gasteiger partial charge on any atom is -0.497 e. The molecule has 1 aromatic carbocycles. The van der Waals surface area contributed by atoms with Crippen LogP contribution in [0.3, 0.4) is 0 Å². The zero-order valence-corrected chi connectivity index (χ0v) is 15.5. The standard InChI is InChI=1S/C20H21N5O3/c1-27-16-6-4-15(5-7-16)22-20-21-9-8-18(23-20)24-10-12-25(13-11-24)19(26)17-3-2-14-28-17/h2-9,14H,10-13H2,1H3,(H,21,22,23). The third-order valence-corrected chi connectivity index (χ3v) is 4.61. The molecular weight excluding hydrogens is 358 g/mol. The molecule has 0 aliphatic carbocycles. The molecule has 0 saturated carbocycles. The summed E-state index contributed by atoms with van der Waals surface area (Å²) in [5.41, 5.74) is 0.881. The van der Waals surface area contributed by atoms with E-state index in [1.165, 1.54) is 6.26 Å². The van der Waals surface area contributed by atoms with Crippen LogP contribution in [-0.4, -0.2) is 54.1 Å². The Labute approximate surface area is 162 Å². The monoisotopic (exact) mass is 379 g/mol. The quantitative estimate of drug-likeness (QED) is 0.730. The number of nitrogens with zero attached hydrogens (tertiary/aromatic N) is 4. The SMILES string of the molecule is COc1ccc(Nc2nccc(N3CCN(C(=O)c4ccco4)CC3)n2)cc1. The molecule has 3 aromatic rings. The zero-order chi connectivity index (χ0) is 19.3. The van der Waals surface area contributed by atoms with E-state index in [1.54, 1.807) is 30.3 Å². The maximum Gasteiger partial charge on any atom is 0.289 e. The average molecular weight is 379 g/mol. The number of benzene rings is 1. The van der Waals surface area contributed by atoms with Crippen molar-refractivity contribution >= 4 is 23.4 Å². The second-order valence-electron chi connectivity index (χ2n) is 6.35. The van der Waals surface area contributed by atoms with E-state index in [4.69, 9.17) is 9.15 Å². The predicted octanol–water partition coefficient (Wildman–Crippen LogP) is 2.78. The second kappa shape index (κ2) is 7.99. The number of ether oxygens (including phenoxy) is 1. The normalized spacial score (nSPS) is 14.0. The number of hydrogen-bond donors (Lipinski definition) is 1. The molecule has 1 N–H and O–H groups in total. The Bertz CT molecular complexity index is 919. The van der Waals surface area contributed by atoms with Crippen molar-refractivity contribution in [3.63, 3.8) is 0 Å². The van der Waals surface area contributed by atoms with E-state index in [9.17, 15) is 4.79 Å². The van der Waals surface area contributed by atoms with Gasteiger partial charge in [-0.15, -0.1) is 0 Å². The summed E-state index contributed by atoms with van der Waals surface area (Å²) in [6.45, 7) is 2.63. The van der Waals surface area contributed by atoms with Crippen LogP contribution in [0.4, 0.5) is 17.5 Å². The molecule has 4 rings (SSSR count). The summed E-state index contributed by atoms with van der Waals surface area (Å²) in [7, 11) is 1.64. The molecular formula is C20H21N5O3. The molecule has 144 valence electrons. The topological polar surface area (TPSA) is 83.7 Å². The maximum atomic E-state index is 12.4. The number of piperazine rings is 1. The number of carbonyl (C=O) groups is 1. The molecule has 2 aromatic heterocycles. The van der Waals surface area contributed by atoms with Gasteiger partial charge in [0, 0.05) is 38.1 Å². The number of nitrogens with one attached hydrogen (secondary N) is 1. The van der Waals surface area contributed by atoms with Gasteiger partial charge in [0.15, 0.2) is 5.76 Å². The first-order valence-corrected chi connectivity index (χ1v) is 9.05. The molecule has 3 heterocycles. The Balaban J connectivity index is 1.38. The van der Waals surface area contributed by atoms with Crippen molar-refractivity contribution in [2.24, 2.45) is 0 Å². The molecule has 0 spiro atoms. The molecule has 8 nitrogen and oxygen atoms in total. The van der Waals surface area contributed by atoms with Crippen LogP contribution in [0.1, 0.15) is 10.6 Å². The molecule has 1 aliphatic rings. The highest BCUT2D eigenvalue weighted by Crippen LogP contribution is 2.20. The summed E-state index contributed by atoms with van der Waals surface area (Å²) in [6.07, 6.45) is 3.25. The van der Waals surface area contributed by atoms with Crippen LogP contribution in [0, 0.1) is 0 Å². The van der Waals surface area contributed by atoms with Crippen molar-refractivity contribution < 1.29 is 13.9 Å². The van der Waals surface area contributed by atoms with Gasteiger partial charge in [-0.05, 0) is 42.5 Å². The largest absolute Gasteiger partial charge is 0.497 e. The van der Waals surface area contributed by atoms with Gasteiger partial charge in [0.05, 0.1) is 13.4 Å². The third-order valence-electron chi connectivity index (χ3n) is 4.61. The van der Waals surface area contributed by atoms with E-state index in [0.29, 0.717) is 37.9 Å². The van der Waals surface area contributed by atoms with Crippen molar-refractivity contribution in [3.05, 3.63) is 60.7 Å². The molecule has 1 aliphatic heterocycles. The molecule has 1 fully saturated rings. The van der Waals surface area contributed by atoms with Gasteiger partial charge in [0.25, 0.3) is 5.91 Å². The third kappa shape index (κ3) is 3.90. The first-order valence-electron chi connectivity index (χ1n) is 9.05. The number of methoxy groups -OCH3 is 1. The smallest absolute Gasteiger partial charge is 0.289 e. The molecule has 0 unspecified atom stereocenters. The van der Waals surface area contributed by atoms with E-state index in [1.807, 2.05) is 30.3 Å². The summed E-state index contributed by atoms with van der Waals surface area (Å²) in [5, 5.41) is 3.20. The minimum atomic E-state index is -0.0748. The fraction of sp³-hybridized carbons (Fsp3) is 0.250. The molecule has 8 heteroatoms. The van der Waals surface area contributed by atoms with Crippen LogP contribution in [-0.2, 0) is 0 Å². The molecule has 0 bridgehead atoms. The van der Waals surface area contributed by atoms with Crippen LogP contribution >= 0.6 is 0 Å². The lowest BCUT2D eigenvalue weighted by atomic mass is 10.3.